The van der Waals surface area contributed by atoms with Crippen LogP contribution in [-0.2, 0) is 0 Å². The van der Waals surface area contributed by atoms with Crippen LogP contribution in [0.2, 0.25) is 0 Å². The number of hydrogen-bond donors (Lipinski definition) is 2. The van der Waals surface area contributed by atoms with Gasteiger partial charge in [0.05, 0.1) is 0 Å². The Kier molecular flexibility index (Phi) is 4.59. The van der Waals surface area contributed by atoms with E-state index in [2.05, 4.69) is 6.92 Å². The monoisotopic (exact) mass is 154 g/mol. The van der Waals surface area contributed by atoms with E-state index in [1.54, 1.807) is 0 Å². The Labute approximate surface area is 69.0 Å². The molecule has 0 bridgehead atoms. The van der Waals surface area contributed by atoms with E-state index in [9.17, 15) is 0 Å². The first-order chi connectivity index (χ1) is 5.09. The second-order valence-corrected chi connectivity index (χ2v) is 2.89. The van der Waals surface area contributed by atoms with Crippen LogP contribution >= 0.6 is 0 Å². The van der Waals surface area contributed by atoms with Gasteiger partial charge in [-0.2, -0.15) is 0 Å². The Morgan fingerprint density at radius 3 is 2.27 bits per heavy atom. The molecule has 0 atom stereocenters. The summed E-state index contributed by atoms with van der Waals surface area (Å²) in [5, 5.41) is 7.59. The average Bonchev–Trinajstić information content (AvgIpc) is 1.98. The van der Waals surface area contributed by atoms with Crippen LogP contribution in [0.25, 0.3) is 0 Å². The highest BCUT2D eigenvalue weighted by atomic mass is 14.6. The highest BCUT2D eigenvalue weighted by Gasteiger charge is 2.00. The van der Waals surface area contributed by atoms with Crippen LogP contribution in [0.5, 0.6) is 0 Å². The number of unbranched alkanes of at least 4 members (excludes halogenated alkanes) is 1. The maximum absolute atomic E-state index is 7.59. The lowest BCUT2D eigenvalue weighted by molar-refractivity contribution is 0.831. The van der Waals surface area contributed by atoms with Crippen molar-refractivity contribution in [2.45, 2.75) is 40.0 Å². The van der Waals surface area contributed by atoms with Crippen molar-refractivity contribution in [2.75, 3.05) is 0 Å². The molecule has 2 heteroatoms. The molecule has 0 saturated carbocycles. The zero-order valence-corrected chi connectivity index (χ0v) is 7.70. The van der Waals surface area contributed by atoms with Gasteiger partial charge in [-0.15, -0.1) is 0 Å². The topological polar surface area (TPSA) is 49.9 Å². The fourth-order valence-corrected chi connectivity index (χ4v) is 0.779. The van der Waals surface area contributed by atoms with E-state index >= 15 is 0 Å². The summed E-state index contributed by atoms with van der Waals surface area (Å²) in [4.78, 5) is 0. The van der Waals surface area contributed by atoms with Crippen molar-refractivity contribution in [2.24, 2.45) is 5.73 Å². The number of hydrogen-bond acceptors (Lipinski definition) is 2. The van der Waals surface area contributed by atoms with Gasteiger partial charge in [0, 0.05) is 11.4 Å². The molecule has 0 aromatic carbocycles. The van der Waals surface area contributed by atoms with Crippen molar-refractivity contribution in [3.05, 3.63) is 11.3 Å². The summed E-state index contributed by atoms with van der Waals surface area (Å²) in [5.74, 6) is 0. The molecule has 0 unspecified atom stereocenters. The summed E-state index contributed by atoms with van der Waals surface area (Å²) >= 11 is 0. The van der Waals surface area contributed by atoms with Crippen molar-refractivity contribution in [3.8, 4) is 0 Å². The molecule has 3 N–H and O–H groups in total. The fourth-order valence-electron chi connectivity index (χ4n) is 0.779. The second-order valence-electron chi connectivity index (χ2n) is 2.89. The van der Waals surface area contributed by atoms with Gasteiger partial charge in [0.25, 0.3) is 0 Å². The predicted octanol–water partition coefficient (Wildman–Crippen LogP) is 2.45. The Morgan fingerprint density at radius 1 is 1.36 bits per heavy atom. The smallest absolute Gasteiger partial charge is 0.0360 e. The van der Waals surface area contributed by atoms with Gasteiger partial charge in [0.15, 0.2) is 0 Å². The van der Waals surface area contributed by atoms with Crippen molar-refractivity contribution in [1.82, 2.24) is 0 Å². The second kappa shape index (κ2) is 4.94. The highest BCUT2D eigenvalue weighted by Crippen LogP contribution is 2.05. The molecule has 0 saturated heterocycles. The zero-order chi connectivity index (χ0) is 8.85. The van der Waals surface area contributed by atoms with Gasteiger partial charge < -0.3 is 11.1 Å². The number of nitrogens with two attached hydrogens (primary N) is 1. The Morgan fingerprint density at radius 2 is 1.91 bits per heavy atom. The van der Waals surface area contributed by atoms with Crippen molar-refractivity contribution >= 4 is 5.71 Å². The number of nitrogens with one attached hydrogen (secondary N) is 1. The molecule has 0 aliphatic carbocycles. The van der Waals surface area contributed by atoms with Crippen LogP contribution < -0.4 is 5.73 Å². The standard InChI is InChI=1S/C9H18N2/c1-4-5-6-9(11)7(2)8(3)10/h11H,4-6,10H2,1-3H3/b8-7-,11-9?. The lowest BCUT2D eigenvalue weighted by atomic mass is 10.1. The van der Waals surface area contributed by atoms with E-state index in [4.69, 9.17) is 11.1 Å². The van der Waals surface area contributed by atoms with Crippen LogP contribution in [0.15, 0.2) is 11.3 Å². The van der Waals surface area contributed by atoms with E-state index in [0.29, 0.717) is 5.71 Å². The molecule has 0 spiro atoms. The first kappa shape index (κ1) is 10.2. The lowest BCUT2D eigenvalue weighted by Crippen LogP contribution is -2.05. The summed E-state index contributed by atoms with van der Waals surface area (Å²) in [5.41, 5.74) is 7.95. The fraction of sp³-hybridized carbons (Fsp3) is 0.667. The van der Waals surface area contributed by atoms with Crippen LogP contribution in [0.1, 0.15) is 40.0 Å². The van der Waals surface area contributed by atoms with Crippen LogP contribution in [0.3, 0.4) is 0 Å². The van der Waals surface area contributed by atoms with Gasteiger partial charge in [-0.05, 0) is 32.3 Å². The van der Waals surface area contributed by atoms with Crippen LogP contribution in [-0.4, -0.2) is 5.71 Å². The average molecular weight is 154 g/mol. The highest BCUT2D eigenvalue weighted by molar-refractivity contribution is 5.97. The molecule has 0 fully saturated rings. The van der Waals surface area contributed by atoms with Crippen LogP contribution in [0.4, 0.5) is 0 Å². The number of allylic oxidation sites excluding steroid dienone is 2. The molecule has 0 amide bonds. The molecule has 2 nitrogen and oxygen atoms in total. The van der Waals surface area contributed by atoms with E-state index in [1.165, 1.54) is 0 Å². The zero-order valence-electron chi connectivity index (χ0n) is 7.70. The summed E-state index contributed by atoms with van der Waals surface area (Å²) in [6.07, 6.45) is 3.08. The third kappa shape index (κ3) is 3.81. The van der Waals surface area contributed by atoms with Gasteiger partial charge in [-0.25, -0.2) is 0 Å². The van der Waals surface area contributed by atoms with E-state index in [0.717, 1.165) is 30.5 Å². The van der Waals surface area contributed by atoms with Gasteiger partial charge in [-0.3, -0.25) is 0 Å². The maximum Gasteiger partial charge on any atom is 0.0360 e. The quantitative estimate of drug-likeness (QED) is 0.600. The summed E-state index contributed by atoms with van der Waals surface area (Å²) in [7, 11) is 0. The minimum absolute atomic E-state index is 0.687. The number of rotatable bonds is 4. The van der Waals surface area contributed by atoms with Crippen molar-refractivity contribution in [1.29, 1.82) is 5.41 Å². The minimum Gasteiger partial charge on any atom is -0.402 e. The van der Waals surface area contributed by atoms with E-state index in [-0.39, 0.29) is 0 Å². The van der Waals surface area contributed by atoms with Gasteiger partial charge in [0.1, 0.15) is 0 Å². The molecule has 64 valence electrons. The predicted molar refractivity (Wildman–Crippen MR) is 49.8 cm³/mol. The minimum atomic E-state index is 0.687. The van der Waals surface area contributed by atoms with E-state index < -0.39 is 0 Å². The van der Waals surface area contributed by atoms with Gasteiger partial charge >= 0.3 is 0 Å². The van der Waals surface area contributed by atoms with Gasteiger partial charge in [0.2, 0.25) is 0 Å². The van der Waals surface area contributed by atoms with E-state index in [1.807, 2.05) is 13.8 Å². The maximum atomic E-state index is 7.59. The molecule has 0 aromatic rings. The molecule has 11 heavy (non-hydrogen) atoms. The van der Waals surface area contributed by atoms with Crippen LogP contribution in [0, 0.1) is 5.41 Å². The Bertz CT molecular complexity index is 164. The summed E-state index contributed by atoms with van der Waals surface area (Å²) < 4.78 is 0. The Hall–Kier alpha value is -0.790. The molecule has 0 radical (unpaired) electrons. The molecule has 0 heterocycles. The molecule has 0 aliphatic heterocycles. The summed E-state index contributed by atoms with van der Waals surface area (Å²) in [6, 6.07) is 0. The molecular formula is C9H18N2. The SMILES string of the molecule is CCCCC(=N)/C(C)=C(/C)N. The molecule has 0 aliphatic rings. The molecular weight excluding hydrogens is 136 g/mol. The lowest BCUT2D eigenvalue weighted by Gasteiger charge is -2.04. The molecule has 0 rings (SSSR count). The first-order valence-corrected chi connectivity index (χ1v) is 4.10. The van der Waals surface area contributed by atoms with Crippen molar-refractivity contribution in [3.63, 3.8) is 0 Å². The third-order valence-electron chi connectivity index (χ3n) is 1.82. The normalized spacial score (nSPS) is 12.6. The van der Waals surface area contributed by atoms with Crippen molar-refractivity contribution < 1.29 is 0 Å². The summed E-state index contributed by atoms with van der Waals surface area (Å²) in [6.45, 7) is 5.88. The third-order valence-corrected chi connectivity index (χ3v) is 1.82. The van der Waals surface area contributed by atoms with Gasteiger partial charge in [-0.1, -0.05) is 13.3 Å². The first-order valence-electron chi connectivity index (χ1n) is 4.10. The largest absolute Gasteiger partial charge is 0.402 e. The molecule has 0 aromatic heterocycles. The Balaban J connectivity index is 3.95.